The molecule has 6 heteroatoms. The number of carbonyl (C=O) groups is 2. The van der Waals surface area contributed by atoms with Gasteiger partial charge in [0.05, 0.1) is 18.6 Å². The first kappa shape index (κ1) is 14.3. The van der Waals surface area contributed by atoms with Crippen molar-refractivity contribution in [3.8, 4) is 0 Å². The van der Waals surface area contributed by atoms with Crippen molar-refractivity contribution in [1.29, 1.82) is 0 Å². The summed E-state index contributed by atoms with van der Waals surface area (Å²) in [7, 11) is 0. The summed E-state index contributed by atoms with van der Waals surface area (Å²) in [6.07, 6.45) is 0.633. The fourth-order valence-corrected chi connectivity index (χ4v) is 2.15. The Kier molecular flexibility index (Phi) is 4.24. The van der Waals surface area contributed by atoms with E-state index in [2.05, 4.69) is 10.6 Å². The summed E-state index contributed by atoms with van der Waals surface area (Å²) in [6.45, 7) is 3.03. The minimum Gasteiger partial charge on any atom is -0.481 e. The van der Waals surface area contributed by atoms with Gasteiger partial charge in [0, 0.05) is 12.3 Å². The lowest BCUT2D eigenvalue weighted by molar-refractivity contribution is -0.136. The number of carboxylic acids is 1. The highest BCUT2D eigenvalue weighted by atomic mass is 16.5. The van der Waals surface area contributed by atoms with E-state index in [0.717, 1.165) is 6.42 Å². The van der Waals surface area contributed by atoms with Gasteiger partial charge in [-0.1, -0.05) is 18.2 Å². The highest BCUT2D eigenvalue weighted by Crippen LogP contribution is 2.19. The van der Waals surface area contributed by atoms with Crippen molar-refractivity contribution in [2.45, 2.75) is 25.3 Å². The van der Waals surface area contributed by atoms with E-state index >= 15 is 0 Å². The lowest BCUT2D eigenvalue weighted by atomic mass is 10.0. The average molecular weight is 278 g/mol. The van der Waals surface area contributed by atoms with E-state index in [1.165, 1.54) is 0 Å². The Labute approximate surface area is 117 Å². The Hall–Kier alpha value is -2.08. The molecule has 0 aliphatic carbocycles. The number of hydrogen-bond acceptors (Lipinski definition) is 3. The minimum atomic E-state index is -0.934. The van der Waals surface area contributed by atoms with Crippen LogP contribution in [0, 0.1) is 0 Å². The normalized spacial score (nSPS) is 21.4. The van der Waals surface area contributed by atoms with E-state index in [9.17, 15) is 9.59 Å². The predicted molar refractivity (Wildman–Crippen MR) is 73.8 cm³/mol. The van der Waals surface area contributed by atoms with Crippen LogP contribution in [0.1, 0.15) is 18.9 Å². The molecule has 1 fully saturated rings. The van der Waals surface area contributed by atoms with E-state index in [4.69, 9.17) is 9.84 Å². The zero-order chi connectivity index (χ0) is 14.6. The third-order valence-corrected chi connectivity index (χ3v) is 3.24. The van der Waals surface area contributed by atoms with Crippen LogP contribution in [0.2, 0.25) is 0 Å². The fourth-order valence-electron chi connectivity index (χ4n) is 2.15. The van der Waals surface area contributed by atoms with Crippen LogP contribution in [0.4, 0.5) is 10.5 Å². The monoisotopic (exact) mass is 278 g/mol. The number of nitrogens with one attached hydrogen (secondary N) is 2. The molecule has 0 spiro atoms. The second-order valence-corrected chi connectivity index (χ2v) is 5.17. The first-order chi connectivity index (χ1) is 9.48. The maximum absolute atomic E-state index is 12.0. The molecule has 3 N–H and O–H groups in total. The van der Waals surface area contributed by atoms with Crippen molar-refractivity contribution < 1.29 is 19.4 Å². The summed E-state index contributed by atoms with van der Waals surface area (Å²) in [6, 6.07) is 6.51. The molecule has 0 saturated carbocycles. The SMILES string of the molecule is CC1(NC(=O)Nc2ccccc2CC(=O)O)CCOC1. The van der Waals surface area contributed by atoms with Crippen LogP contribution in [-0.2, 0) is 16.0 Å². The number of hydrogen-bond donors (Lipinski definition) is 3. The third-order valence-electron chi connectivity index (χ3n) is 3.24. The number of rotatable bonds is 4. The molecule has 2 amide bonds. The van der Waals surface area contributed by atoms with Gasteiger partial charge in [0.2, 0.25) is 0 Å². The number of aliphatic carboxylic acids is 1. The molecule has 0 bridgehead atoms. The number of carbonyl (C=O) groups excluding carboxylic acids is 1. The molecule has 0 aromatic heterocycles. The van der Waals surface area contributed by atoms with Gasteiger partial charge in [-0.05, 0) is 25.0 Å². The van der Waals surface area contributed by atoms with Gasteiger partial charge in [0.25, 0.3) is 0 Å². The zero-order valence-electron chi connectivity index (χ0n) is 11.3. The predicted octanol–water partition coefficient (Wildman–Crippen LogP) is 1.61. The van der Waals surface area contributed by atoms with Crippen LogP contribution in [0.15, 0.2) is 24.3 Å². The van der Waals surface area contributed by atoms with Gasteiger partial charge in [-0.2, -0.15) is 0 Å². The maximum atomic E-state index is 12.0. The molecule has 1 aliphatic heterocycles. The number of amides is 2. The zero-order valence-corrected chi connectivity index (χ0v) is 11.3. The molecule has 1 atom stereocenters. The van der Waals surface area contributed by atoms with Gasteiger partial charge in [-0.25, -0.2) is 4.79 Å². The molecule has 1 aromatic rings. The summed E-state index contributed by atoms with van der Waals surface area (Å²) >= 11 is 0. The van der Waals surface area contributed by atoms with Gasteiger partial charge in [-0.3, -0.25) is 4.79 Å². The highest BCUT2D eigenvalue weighted by Gasteiger charge is 2.31. The van der Waals surface area contributed by atoms with E-state index in [-0.39, 0.29) is 18.0 Å². The number of urea groups is 1. The van der Waals surface area contributed by atoms with E-state index in [1.54, 1.807) is 24.3 Å². The molecule has 1 unspecified atom stereocenters. The largest absolute Gasteiger partial charge is 0.481 e. The minimum absolute atomic E-state index is 0.128. The van der Waals surface area contributed by atoms with Gasteiger partial charge in [0.15, 0.2) is 0 Å². The van der Waals surface area contributed by atoms with Crippen molar-refractivity contribution >= 4 is 17.7 Å². The highest BCUT2D eigenvalue weighted by molar-refractivity contribution is 5.91. The van der Waals surface area contributed by atoms with E-state index in [1.807, 2.05) is 6.92 Å². The first-order valence-corrected chi connectivity index (χ1v) is 6.45. The number of carboxylic acid groups (broad SMARTS) is 1. The molecule has 2 rings (SSSR count). The molecule has 1 aromatic carbocycles. The van der Waals surface area contributed by atoms with Gasteiger partial charge in [-0.15, -0.1) is 0 Å². The second kappa shape index (κ2) is 5.92. The quantitative estimate of drug-likeness (QED) is 0.781. The Morgan fingerprint density at radius 2 is 2.15 bits per heavy atom. The Morgan fingerprint density at radius 3 is 2.80 bits per heavy atom. The third kappa shape index (κ3) is 3.71. The van der Waals surface area contributed by atoms with Crippen molar-refractivity contribution in [3.63, 3.8) is 0 Å². The number of anilines is 1. The summed E-state index contributed by atoms with van der Waals surface area (Å²) in [5, 5.41) is 14.4. The number of benzene rings is 1. The molecule has 1 heterocycles. The van der Waals surface area contributed by atoms with Gasteiger partial charge < -0.3 is 20.5 Å². The maximum Gasteiger partial charge on any atom is 0.319 e. The lowest BCUT2D eigenvalue weighted by Crippen LogP contribution is -2.48. The van der Waals surface area contributed by atoms with Crippen molar-refractivity contribution in [2.24, 2.45) is 0 Å². The van der Waals surface area contributed by atoms with Gasteiger partial charge in [0.1, 0.15) is 0 Å². The molecule has 0 radical (unpaired) electrons. The first-order valence-electron chi connectivity index (χ1n) is 6.45. The Balaban J connectivity index is 2.02. The van der Waals surface area contributed by atoms with Crippen LogP contribution in [-0.4, -0.2) is 35.9 Å². The number of ether oxygens (including phenoxy) is 1. The molecule has 1 aliphatic rings. The molecule has 6 nitrogen and oxygen atoms in total. The smallest absolute Gasteiger partial charge is 0.319 e. The van der Waals surface area contributed by atoms with Crippen molar-refractivity contribution in [2.75, 3.05) is 18.5 Å². The summed E-state index contributed by atoms with van der Waals surface area (Å²) in [5.74, 6) is -0.934. The Bertz CT molecular complexity index is 510. The van der Waals surface area contributed by atoms with E-state index < -0.39 is 5.97 Å². The molecular formula is C14H18N2O4. The second-order valence-electron chi connectivity index (χ2n) is 5.17. The molecular weight excluding hydrogens is 260 g/mol. The lowest BCUT2D eigenvalue weighted by Gasteiger charge is -2.24. The van der Waals surface area contributed by atoms with Crippen LogP contribution in [0.25, 0.3) is 0 Å². The van der Waals surface area contributed by atoms with Crippen molar-refractivity contribution in [3.05, 3.63) is 29.8 Å². The summed E-state index contributed by atoms with van der Waals surface area (Å²) < 4.78 is 5.27. The van der Waals surface area contributed by atoms with Crippen LogP contribution in [0.3, 0.4) is 0 Å². The van der Waals surface area contributed by atoms with Crippen LogP contribution in [0.5, 0.6) is 0 Å². The fraction of sp³-hybridized carbons (Fsp3) is 0.429. The standard InChI is InChI=1S/C14H18N2O4/c1-14(6-7-20-9-14)16-13(19)15-11-5-3-2-4-10(11)8-12(17)18/h2-5H,6-9H2,1H3,(H,17,18)(H2,15,16,19). The van der Waals surface area contributed by atoms with Crippen LogP contribution >= 0.6 is 0 Å². The van der Waals surface area contributed by atoms with Crippen molar-refractivity contribution in [1.82, 2.24) is 5.32 Å². The topological polar surface area (TPSA) is 87.7 Å². The Morgan fingerprint density at radius 1 is 1.40 bits per heavy atom. The average Bonchev–Trinajstić information content (AvgIpc) is 2.77. The van der Waals surface area contributed by atoms with Gasteiger partial charge >= 0.3 is 12.0 Å². The summed E-state index contributed by atoms with van der Waals surface area (Å²) in [4.78, 5) is 22.8. The molecule has 108 valence electrons. The molecule has 1 saturated heterocycles. The summed E-state index contributed by atoms with van der Waals surface area (Å²) in [5.41, 5.74) is 0.712. The molecule has 20 heavy (non-hydrogen) atoms. The van der Waals surface area contributed by atoms with Crippen LogP contribution < -0.4 is 10.6 Å². The number of para-hydroxylation sites is 1. The van der Waals surface area contributed by atoms with E-state index in [0.29, 0.717) is 24.5 Å².